The smallest absolute Gasteiger partial charge is 0.416 e. The molecule has 1 saturated heterocycles. The fraction of sp³-hybridized carbons (Fsp3) is 0.467. The summed E-state index contributed by atoms with van der Waals surface area (Å²) < 4.78 is 42.3. The Bertz CT molecular complexity index is 572. The molecule has 126 valence electrons. The highest BCUT2D eigenvalue weighted by Crippen LogP contribution is 2.29. The molecule has 1 N–H and O–H groups in total. The van der Waals surface area contributed by atoms with Crippen molar-refractivity contribution in [3.05, 3.63) is 35.4 Å². The van der Waals surface area contributed by atoms with Gasteiger partial charge in [-0.3, -0.25) is 14.5 Å². The number of rotatable bonds is 4. The Morgan fingerprint density at radius 3 is 2.57 bits per heavy atom. The molecule has 0 saturated carbocycles. The van der Waals surface area contributed by atoms with Crippen molar-refractivity contribution in [1.29, 1.82) is 0 Å². The number of esters is 1. The lowest BCUT2D eigenvalue weighted by Crippen LogP contribution is -2.55. The Kier molecular flexibility index (Phi) is 5.25. The number of halogens is 3. The van der Waals surface area contributed by atoms with Crippen molar-refractivity contribution in [2.45, 2.75) is 25.2 Å². The molecule has 5 nitrogen and oxygen atoms in total. The molecule has 1 aliphatic rings. The molecule has 23 heavy (non-hydrogen) atoms. The molecule has 1 aromatic carbocycles. The van der Waals surface area contributed by atoms with E-state index < -0.39 is 23.8 Å². The summed E-state index contributed by atoms with van der Waals surface area (Å²) in [6.45, 7) is 1.22. The Labute approximate surface area is 131 Å². The third-order valence-electron chi connectivity index (χ3n) is 3.70. The second-order valence-electron chi connectivity index (χ2n) is 5.25. The topological polar surface area (TPSA) is 58.6 Å². The Hall–Kier alpha value is -2.09. The molecule has 0 bridgehead atoms. The zero-order valence-electron chi connectivity index (χ0n) is 12.5. The number of hydrogen-bond donors (Lipinski definition) is 1. The van der Waals surface area contributed by atoms with Gasteiger partial charge in [-0.25, -0.2) is 0 Å². The minimum Gasteiger partial charge on any atom is -0.469 e. The van der Waals surface area contributed by atoms with Crippen LogP contribution in [0.25, 0.3) is 0 Å². The van der Waals surface area contributed by atoms with E-state index in [1.54, 1.807) is 4.90 Å². The van der Waals surface area contributed by atoms with Crippen LogP contribution in [-0.2, 0) is 27.0 Å². The predicted molar refractivity (Wildman–Crippen MR) is 75.3 cm³/mol. The lowest BCUT2D eigenvalue weighted by Gasteiger charge is -2.34. The van der Waals surface area contributed by atoms with Gasteiger partial charge in [0.15, 0.2) is 0 Å². The van der Waals surface area contributed by atoms with Gasteiger partial charge in [0.2, 0.25) is 5.91 Å². The zero-order chi connectivity index (χ0) is 17.0. The van der Waals surface area contributed by atoms with Crippen LogP contribution in [-0.4, -0.2) is 43.0 Å². The molecule has 2 rings (SSSR count). The molecule has 1 aromatic rings. The summed E-state index contributed by atoms with van der Waals surface area (Å²) in [5.74, 6) is -0.793. The Morgan fingerprint density at radius 2 is 2.00 bits per heavy atom. The van der Waals surface area contributed by atoms with Gasteiger partial charge in [-0.05, 0) is 17.7 Å². The van der Waals surface area contributed by atoms with Gasteiger partial charge >= 0.3 is 12.1 Å². The number of alkyl halides is 3. The molecule has 8 heteroatoms. The van der Waals surface area contributed by atoms with Gasteiger partial charge in [0.1, 0.15) is 6.04 Å². The van der Waals surface area contributed by atoms with Crippen LogP contribution in [0.2, 0.25) is 0 Å². The second-order valence-corrected chi connectivity index (χ2v) is 5.25. The summed E-state index contributed by atoms with van der Waals surface area (Å²) in [5.41, 5.74) is -0.0775. The lowest BCUT2D eigenvalue weighted by atomic mass is 10.1. The third kappa shape index (κ3) is 4.44. The van der Waals surface area contributed by atoms with Crippen LogP contribution in [0, 0.1) is 0 Å². The molecule has 0 spiro atoms. The highest BCUT2D eigenvalue weighted by atomic mass is 19.4. The molecule has 1 amide bonds. The molecule has 1 unspecified atom stereocenters. The fourth-order valence-electron chi connectivity index (χ4n) is 2.45. The van der Waals surface area contributed by atoms with Gasteiger partial charge in [0.05, 0.1) is 19.1 Å². The number of carbonyl (C=O) groups excluding carboxylic acids is 2. The molecule has 1 atom stereocenters. The van der Waals surface area contributed by atoms with Crippen molar-refractivity contribution in [2.24, 2.45) is 0 Å². The van der Waals surface area contributed by atoms with E-state index in [0.717, 1.165) is 12.1 Å². The van der Waals surface area contributed by atoms with Gasteiger partial charge in [0, 0.05) is 19.6 Å². The van der Waals surface area contributed by atoms with Gasteiger partial charge in [0.25, 0.3) is 0 Å². The van der Waals surface area contributed by atoms with Gasteiger partial charge in [-0.2, -0.15) is 13.2 Å². The molecule has 0 aromatic heterocycles. The van der Waals surface area contributed by atoms with Crippen LogP contribution < -0.4 is 5.32 Å². The second kappa shape index (κ2) is 6.99. The average molecular weight is 330 g/mol. The van der Waals surface area contributed by atoms with E-state index in [0.29, 0.717) is 18.7 Å². The van der Waals surface area contributed by atoms with Crippen molar-refractivity contribution in [3.8, 4) is 0 Å². The third-order valence-corrected chi connectivity index (χ3v) is 3.70. The number of benzene rings is 1. The van der Waals surface area contributed by atoms with Crippen LogP contribution in [0.3, 0.4) is 0 Å². The lowest BCUT2D eigenvalue weighted by molar-refractivity contribution is -0.146. The Balaban J connectivity index is 2.09. The summed E-state index contributed by atoms with van der Waals surface area (Å²) >= 11 is 0. The number of nitrogens with one attached hydrogen (secondary N) is 1. The van der Waals surface area contributed by atoms with Crippen molar-refractivity contribution < 1.29 is 27.5 Å². The van der Waals surface area contributed by atoms with Crippen molar-refractivity contribution in [3.63, 3.8) is 0 Å². The highest BCUT2D eigenvalue weighted by Gasteiger charge is 2.33. The minimum atomic E-state index is -4.38. The maximum absolute atomic E-state index is 12.6. The predicted octanol–water partition coefficient (Wildman–Crippen LogP) is 1.57. The number of piperazine rings is 1. The Morgan fingerprint density at radius 1 is 1.35 bits per heavy atom. The number of hydrogen-bond acceptors (Lipinski definition) is 4. The first-order chi connectivity index (χ1) is 10.8. The van der Waals surface area contributed by atoms with Gasteiger partial charge in [-0.1, -0.05) is 12.1 Å². The molecule has 0 aliphatic carbocycles. The van der Waals surface area contributed by atoms with Crippen LogP contribution in [0.1, 0.15) is 17.5 Å². The van der Waals surface area contributed by atoms with E-state index in [-0.39, 0.29) is 18.9 Å². The van der Waals surface area contributed by atoms with Crippen LogP contribution >= 0.6 is 0 Å². The molecule has 1 heterocycles. The zero-order valence-corrected chi connectivity index (χ0v) is 12.5. The van der Waals surface area contributed by atoms with Crippen molar-refractivity contribution in [2.75, 3.05) is 20.2 Å². The number of ether oxygens (including phenoxy) is 1. The maximum atomic E-state index is 12.6. The monoisotopic (exact) mass is 330 g/mol. The minimum absolute atomic E-state index is 0.0943. The first-order valence-electron chi connectivity index (χ1n) is 7.06. The van der Waals surface area contributed by atoms with E-state index in [1.165, 1.54) is 19.2 Å². The fourth-order valence-corrected chi connectivity index (χ4v) is 2.45. The van der Waals surface area contributed by atoms with Crippen LogP contribution in [0.4, 0.5) is 13.2 Å². The first-order valence-corrected chi connectivity index (χ1v) is 7.06. The highest BCUT2D eigenvalue weighted by molar-refractivity contribution is 5.87. The van der Waals surface area contributed by atoms with Crippen LogP contribution in [0.15, 0.2) is 24.3 Å². The average Bonchev–Trinajstić information content (AvgIpc) is 2.50. The van der Waals surface area contributed by atoms with Crippen LogP contribution in [0.5, 0.6) is 0 Å². The van der Waals surface area contributed by atoms with E-state index in [4.69, 9.17) is 0 Å². The summed E-state index contributed by atoms with van der Waals surface area (Å²) in [6, 6.07) is 4.09. The molecule has 0 radical (unpaired) electrons. The first kappa shape index (κ1) is 17.3. The largest absolute Gasteiger partial charge is 0.469 e. The maximum Gasteiger partial charge on any atom is 0.416 e. The number of carbonyl (C=O) groups is 2. The van der Waals surface area contributed by atoms with E-state index in [2.05, 4.69) is 10.1 Å². The quantitative estimate of drug-likeness (QED) is 0.852. The van der Waals surface area contributed by atoms with Crippen molar-refractivity contribution >= 4 is 11.9 Å². The van der Waals surface area contributed by atoms with E-state index in [9.17, 15) is 22.8 Å². The molecular formula is C15H17F3N2O3. The van der Waals surface area contributed by atoms with E-state index in [1.807, 2.05) is 0 Å². The van der Waals surface area contributed by atoms with E-state index >= 15 is 0 Å². The SMILES string of the molecule is COC(=O)CC1C(=O)NCCN1Cc1ccc(C(F)(F)F)cc1. The molecular weight excluding hydrogens is 313 g/mol. The molecule has 1 aliphatic heterocycles. The molecule has 1 fully saturated rings. The normalized spacial score (nSPS) is 19.3. The van der Waals surface area contributed by atoms with Crippen molar-refractivity contribution in [1.82, 2.24) is 10.2 Å². The van der Waals surface area contributed by atoms with Gasteiger partial charge in [-0.15, -0.1) is 0 Å². The number of methoxy groups -OCH3 is 1. The number of nitrogens with zero attached hydrogens (tertiary/aromatic N) is 1. The summed E-state index contributed by atoms with van der Waals surface area (Å²) in [4.78, 5) is 25.1. The summed E-state index contributed by atoms with van der Waals surface area (Å²) in [7, 11) is 1.24. The summed E-state index contributed by atoms with van der Waals surface area (Å²) in [6.07, 6.45) is -4.47. The summed E-state index contributed by atoms with van der Waals surface area (Å²) in [5, 5.41) is 2.67. The standard InChI is InChI=1S/C15H17F3N2O3/c1-23-13(21)8-12-14(22)19-6-7-20(12)9-10-2-4-11(5-3-10)15(16,17)18/h2-5,12H,6-9H2,1H3,(H,19,22). The number of amides is 1. The van der Waals surface area contributed by atoms with Gasteiger partial charge < -0.3 is 10.1 Å².